The fourth-order valence-corrected chi connectivity index (χ4v) is 1.86. The zero-order valence-electron chi connectivity index (χ0n) is 10.9. The van der Waals surface area contributed by atoms with Gasteiger partial charge in [-0.25, -0.2) is 4.79 Å². The third-order valence-electron chi connectivity index (χ3n) is 2.87. The third-order valence-corrected chi connectivity index (χ3v) is 2.87. The van der Waals surface area contributed by atoms with Crippen molar-refractivity contribution in [3.05, 3.63) is 23.3 Å². The molecule has 0 unspecified atom stereocenters. The van der Waals surface area contributed by atoms with E-state index in [1.165, 1.54) is 0 Å². The summed E-state index contributed by atoms with van der Waals surface area (Å²) < 4.78 is 4.60. The Bertz CT molecular complexity index is 413. The van der Waals surface area contributed by atoms with Crippen LogP contribution in [-0.4, -0.2) is 16.4 Å². The van der Waals surface area contributed by atoms with Crippen molar-refractivity contribution in [2.24, 2.45) is 0 Å². The first-order valence-electron chi connectivity index (χ1n) is 6.34. The fourth-order valence-electron chi connectivity index (χ4n) is 1.86. The van der Waals surface area contributed by atoms with Crippen LogP contribution in [0.4, 0.5) is 4.79 Å². The highest BCUT2D eigenvalue weighted by atomic mass is 16.7. The van der Waals surface area contributed by atoms with Crippen LogP contribution in [0.1, 0.15) is 44.2 Å². The lowest BCUT2D eigenvalue weighted by atomic mass is 10.0. The second-order valence-corrected chi connectivity index (χ2v) is 4.28. The van der Waals surface area contributed by atoms with Gasteiger partial charge in [-0.15, -0.1) is 0 Å². The number of carbonyl (C=O) groups is 1. The zero-order valence-corrected chi connectivity index (χ0v) is 10.9. The van der Waals surface area contributed by atoms with Crippen molar-refractivity contribution in [2.45, 2.75) is 46.0 Å². The zero-order chi connectivity index (χ0) is 13.5. The Kier molecular flexibility index (Phi) is 5.49. The van der Waals surface area contributed by atoms with Crippen molar-refractivity contribution in [1.82, 2.24) is 0 Å². The number of hydrogen-bond donors (Lipinski definition) is 2. The number of phenolic OH excluding ortho intramolecular Hbond substituents is 1. The molecule has 0 saturated heterocycles. The molecule has 0 fully saturated rings. The van der Waals surface area contributed by atoms with Gasteiger partial charge in [0, 0.05) is 0 Å². The van der Waals surface area contributed by atoms with E-state index < -0.39 is 6.16 Å². The Hall–Kier alpha value is -1.71. The van der Waals surface area contributed by atoms with E-state index in [0.717, 1.165) is 43.2 Å². The number of aromatic hydroxyl groups is 1. The van der Waals surface area contributed by atoms with Crippen molar-refractivity contribution in [2.75, 3.05) is 0 Å². The summed E-state index contributed by atoms with van der Waals surface area (Å²) in [5.74, 6) is -0.0148. The Morgan fingerprint density at radius 1 is 1.28 bits per heavy atom. The normalized spacial score (nSPS) is 10.3. The molecule has 0 aliphatic rings. The average Bonchev–Trinajstić information content (AvgIpc) is 2.33. The summed E-state index contributed by atoms with van der Waals surface area (Å²) in [6, 6.07) is 3.49. The quantitative estimate of drug-likeness (QED) is 0.459. The lowest BCUT2D eigenvalue weighted by molar-refractivity contribution is 0.142. The van der Waals surface area contributed by atoms with Gasteiger partial charge in [0.2, 0.25) is 0 Å². The molecule has 4 nitrogen and oxygen atoms in total. The van der Waals surface area contributed by atoms with Crippen LogP contribution in [0, 0.1) is 0 Å². The number of hydrogen-bond acceptors (Lipinski definition) is 3. The van der Waals surface area contributed by atoms with E-state index >= 15 is 0 Å². The van der Waals surface area contributed by atoms with E-state index in [1.54, 1.807) is 6.07 Å². The van der Waals surface area contributed by atoms with Gasteiger partial charge in [-0.1, -0.05) is 32.8 Å². The molecule has 1 aromatic rings. The summed E-state index contributed by atoms with van der Waals surface area (Å²) in [6.07, 6.45) is 3.28. The van der Waals surface area contributed by atoms with Gasteiger partial charge in [0.05, 0.1) is 0 Å². The molecule has 0 saturated carbocycles. The minimum absolute atomic E-state index is 0.0355. The number of phenols is 1. The highest BCUT2D eigenvalue weighted by molar-refractivity contribution is 5.64. The summed E-state index contributed by atoms with van der Waals surface area (Å²) >= 11 is 0. The van der Waals surface area contributed by atoms with Gasteiger partial charge in [-0.05, 0) is 36.5 Å². The molecule has 18 heavy (non-hydrogen) atoms. The highest BCUT2D eigenvalue weighted by Crippen LogP contribution is 2.33. The van der Waals surface area contributed by atoms with Gasteiger partial charge in [-0.2, -0.15) is 0 Å². The van der Waals surface area contributed by atoms with Crippen LogP contribution in [-0.2, 0) is 12.8 Å². The van der Waals surface area contributed by atoms with Crippen molar-refractivity contribution in [3.8, 4) is 11.5 Å². The van der Waals surface area contributed by atoms with Gasteiger partial charge >= 0.3 is 6.16 Å². The highest BCUT2D eigenvalue weighted by Gasteiger charge is 2.13. The Morgan fingerprint density at radius 2 is 2.00 bits per heavy atom. The van der Waals surface area contributed by atoms with E-state index in [0.29, 0.717) is 0 Å². The lowest BCUT2D eigenvalue weighted by Gasteiger charge is -2.11. The van der Waals surface area contributed by atoms with Crippen LogP contribution in [0.25, 0.3) is 0 Å². The third kappa shape index (κ3) is 3.95. The number of carboxylic acid groups (broad SMARTS) is 1. The lowest BCUT2D eigenvalue weighted by Crippen LogP contribution is -2.04. The summed E-state index contributed by atoms with van der Waals surface area (Å²) in [4.78, 5) is 10.6. The van der Waals surface area contributed by atoms with E-state index in [2.05, 4.69) is 11.7 Å². The van der Waals surface area contributed by atoms with Crippen LogP contribution in [0.5, 0.6) is 11.5 Å². The van der Waals surface area contributed by atoms with Gasteiger partial charge in [-0.3, -0.25) is 0 Å². The molecule has 0 spiro atoms. The second kappa shape index (κ2) is 6.89. The van der Waals surface area contributed by atoms with Gasteiger partial charge in [0.15, 0.2) is 11.5 Å². The second-order valence-electron chi connectivity index (χ2n) is 4.28. The molecule has 0 radical (unpaired) electrons. The standard InChI is InChI=1S/C14H20O4/c1-3-5-6-7-11-8-10(4-2)9-12(13(11)15)18-14(16)17/h8-9,15H,3-7H2,1-2H3,(H,16,17). The van der Waals surface area contributed by atoms with E-state index in [1.807, 2.05) is 13.0 Å². The van der Waals surface area contributed by atoms with Gasteiger partial charge in [0.1, 0.15) is 0 Å². The monoisotopic (exact) mass is 252 g/mol. The smallest absolute Gasteiger partial charge is 0.504 e. The summed E-state index contributed by atoms with van der Waals surface area (Å²) in [6.45, 7) is 4.09. The first-order valence-corrected chi connectivity index (χ1v) is 6.34. The predicted octanol–water partition coefficient (Wildman–Crippen LogP) is 3.74. The van der Waals surface area contributed by atoms with Crippen molar-refractivity contribution < 1.29 is 19.7 Å². The SMILES string of the molecule is CCCCCc1cc(CC)cc(OC(=O)O)c1O. The van der Waals surface area contributed by atoms with Crippen LogP contribution in [0.3, 0.4) is 0 Å². The minimum Gasteiger partial charge on any atom is -0.504 e. The van der Waals surface area contributed by atoms with Crippen molar-refractivity contribution in [3.63, 3.8) is 0 Å². The molecule has 4 heteroatoms. The number of ether oxygens (including phenoxy) is 1. The minimum atomic E-state index is -1.40. The van der Waals surface area contributed by atoms with Crippen LogP contribution < -0.4 is 4.74 Å². The first-order chi connectivity index (χ1) is 8.58. The number of unbranched alkanes of at least 4 members (excludes halogenated alkanes) is 2. The first kappa shape index (κ1) is 14.4. The molecule has 0 atom stereocenters. The maximum absolute atomic E-state index is 10.6. The Morgan fingerprint density at radius 3 is 2.56 bits per heavy atom. The number of aryl methyl sites for hydroxylation is 2. The Labute approximate surface area is 107 Å². The molecular formula is C14H20O4. The number of rotatable bonds is 6. The molecular weight excluding hydrogens is 232 g/mol. The maximum atomic E-state index is 10.6. The fraction of sp³-hybridized carbons (Fsp3) is 0.500. The maximum Gasteiger partial charge on any atom is 0.511 e. The molecule has 1 aromatic carbocycles. The van der Waals surface area contributed by atoms with Crippen molar-refractivity contribution >= 4 is 6.16 Å². The Balaban J connectivity index is 2.96. The molecule has 0 bridgehead atoms. The van der Waals surface area contributed by atoms with Crippen LogP contribution in [0.2, 0.25) is 0 Å². The molecule has 100 valence electrons. The summed E-state index contributed by atoms with van der Waals surface area (Å²) in [7, 11) is 0. The van der Waals surface area contributed by atoms with Gasteiger partial charge < -0.3 is 14.9 Å². The molecule has 1 rings (SSSR count). The predicted molar refractivity (Wildman–Crippen MR) is 69.4 cm³/mol. The largest absolute Gasteiger partial charge is 0.511 e. The van der Waals surface area contributed by atoms with Gasteiger partial charge in [0.25, 0.3) is 0 Å². The molecule has 0 heterocycles. The average molecular weight is 252 g/mol. The summed E-state index contributed by atoms with van der Waals surface area (Å²) in [5.41, 5.74) is 1.73. The molecule has 0 aliphatic carbocycles. The van der Waals surface area contributed by atoms with E-state index in [-0.39, 0.29) is 11.5 Å². The number of benzene rings is 1. The van der Waals surface area contributed by atoms with Crippen LogP contribution in [0.15, 0.2) is 12.1 Å². The molecule has 0 aliphatic heterocycles. The van der Waals surface area contributed by atoms with E-state index in [9.17, 15) is 9.90 Å². The summed E-state index contributed by atoms with van der Waals surface area (Å²) in [5, 5.41) is 18.6. The molecule has 2 N–H and O–H groups in total. The van der Waals surface area contributed by atoms with Crippen molar-refractivity contribution in [1.29, 1.82) is 0 Å². The topological polar surface area (TPSA) is 66.8 Å². The van der Waals surface area contributed by atoms with Crippen LogP contribution >= 0.6 is 0 Å². The molecule has 0 amide bonds. The molecule has 0 aromatic heterocycles. The van der Waals surface area contributed by atoms with E-state index in [4.69, 9.17) is 5.11 Å².